The first-order chi connectivity index (χ1) is 15.6. The van der Waals surface area contributed by atoms with Crippen molar-refractivity contribution in [3.05, 3.63) is 53.6 Å². The van der Waals surface area contributed by atoms with Crippen LogP contribution in [0.5, 0.6) is 0 Å². The molecule has 2 aromatic carbocycles. The van der Waals surface area contributed by atoms with Gasteiger partial charge in [-0.1, -0.05) is 36.7 Å². The van der Waals surface area contributed by atoms with Crippen molar-refractivity contribution in [3.8, 4) is 0 Å². The van der Waals surface area contributed by atoms with Gasteiger partial charge in [0.1, 0.15) is 0 Å². The second kappa shape index (κ2) is 12.1. The van der Waals surface area contributed by atoms with Gasteiger partial charge in [-0.2, -0.15) is 0 Å². The minimum absolute atomic E-state index is 0.0333. The van der Waals surface area contributed by atoms with Gasteiger partial charge in [-0.15, -0.1) is 0 Å². The van der Waals surface area contributed by atoms with Gasteiger partial charge >= 0.3 is 0 Å². The fourth-order valence-electron chi connectivity index (χ4n) is 3.15. The largest absolute Gasteiger partial charge is 0.325 e. The van der Waals surface area contributed by atoms with Gasteiger partial charge in [-0.05, 0) is 50.2 Å². The van der Waals surface area contributed by atoms with Gasteiger partial charge in [0, 0.05) is 32.7 Å². The normalized spacial score (nSPS) is 12.6. The summed E-state index contributed by atoms with van der Waals surface area (Å²) in [5, 5.41) is 5.81. The number of sulfonamides is 1. The molecule has 0 aliphatic heterocycles. The van der Waals surface area contributed by atoms with Crippen molar-refractivity contribution >= 4 is 44.8 Å². The zero-order valence-corrected chi connectivity index (χ0v) is 20.9. The van der Waals surface area contributed by atoms with E-state index >= 15 is 0 Å². The Labute approximate surface area is 201 Å². The number of benzene rings is 2. The molecule has 2 amide bonds. The first kappa shape index (κ1) is 26.8. The van der Waals surface area contributed by atoms with Crippen molar-refractivity contribution in [1.82, 2.24) is 9.21 Å². The van der Waals surface area contributed by atoms with Gasteiger partial charge in [0.25, 0.3) is 0 Å². The van der Waals surface area contributed by atoms with Crippen molar-refractivity contribution in [2.45, 2.75) is 37.6 Å². The lowest BCUT2D eigenvalue weighted by Crippen LogP contribution is -2.43. The van der Waals surface area contributed by atoms with E-state index < -0.39 is 16.1 Å². The zero-order valence-electron chi connectivity index (χ0n) is 19.3. The first-order valence-electron chi connectivity index (χ1n) is 10.7. The van der Waals surface area contributed by atoms with Crippen molar-refractivity contribution in [1.29, 1.82) is 0 Å². The summed E-state index contributed by atoms with van der Waals surface area (Å²) in [6.07, 6.45) is 0.935. The standard InChI is InChI=1S/C23H31ClN4O4S/c1-5-14-28(17(2)23(30)25-18-9-7-6-8-10-18)15-13-22(29)26-21-16-19(11-12-20(21)24)33(31,32)27(3)4/h6-12,16-17H,5,13-15H2,1-4H3,(H,25,30)(H,26,29). The van der Waals surface area contributed by atoms with Crippen LogP contribution >= 0.6 is 11.6 Å². The van der Waals surface area contributed by atoms with Crippen molar-refractivity contribution in [2.75, 3.05) is 37.8 Å². The Hall–Kier alpha value is -2.46. The van der Waals surface area contributed by atoms with Crippen LogP contribution in [0.1, 0.15) is 26.7 Å². The van der Waals surface area contributed by atoms with E-state index in [2.05, 4.69) is 10.6 Å². The van der Waals surface area contributed by atoms with E-state index in [4.69, 9.17) is 11.6 Å². The highest BCUT2D eigenvalue weighted by molar-refractivity contribution is 7.89. The molecule has 2 N–H and O–H groups in total. The number of halogens is 1. The number of nitrogens with one attached hydrogen (secondary N) is 2. The fraction of sp³-hybridized carbons (Fsp3) is 0.391. The molecule has 1 atom stereocenters. The Balaban J connectivity index is 2.03. The number of hydrogen-bond acceptors (Lipinski definition) is 5. The van der Waals surface area contributed by atoms with E-state index in [0.29, 0.717) is 18.8 Å². The Kier molecular flexibility index (Phi) is 9.85. The molecule has 0 fully saturated rings. The van der Waals surface area contributed by atoms with Crippen LogP contribution in [-0.4, -0.2) is 62.7 Å². The van der Waals surface area contributed by atoms with Crippen LogP contribution in [0.3, 0.4) is 0 Å². The monoisotopic (exact) mass is 494 g/mol. The smallest absolute Gasteiger partial charge is 0.242 e. The van der Waals surface area contributed by atoms with E-state index in [1.165, 1.54) is 32.3 Å². The second-order valence-electron chi connectivity index (χ2n) is 7.79. The number of rotatable bonds is 11. The number of para-hydroxylation sites is 1. The summed E-state index contributed by atoms with van der Waals surface area (Å²) < 4.78 is 25.8. The SMILES string of the molecule is CCCN(CCC(=O)Nc1cc(S(=O)(=O)N(C)C)ccc1Cl)C(C)C(=O)Nc1ccccc1. The van der Waals surface area contributed by atoms with Crippen LogP contribution in [0, 0.1) is 0 Å². The molecule has 0 aromatic heterocycles. The second-order valence-corrected chi connectivity index (χ2v) is 10.4. The van der Waals surface area contributed by atoms with Crippen molar-refractivity contribution < 1.29 is 18.0 Å². The summed E-state index contributed by atoms with van der Waals surface area (Å²) in [5.74, 6) is -0.479. The van der Waals surface area contributed by atoms with Crippen molar-refractivity contribution in [3.63, 3.8) is 0 Å². The molecule has 180 valence electrons. The molecule has 0 aliphatic rings. The van der Waals surface area contributed by atoms with E-state index in [9.17, 15) is 18.0 Å². The highest BCUT2D eigenvalue weighted by atomic mass is 35.5. The minimum atomic E-state index is -3.66. The summed E-state index contributed by atoms with van der Waals surface area (Å²) >= 11 is 6.16. The van der Waals surface area contributed by atoms with Gasteiger partial charge in [0.2, 0.25) is 21.8 Å². The van der Waals surface area contributed by atoms with E-state index in [1.54, 1.807) is 6.92 Å². The molecule has 0 saturated heterocycles. The molecular formula is C23H31ClN4O4S. The molecule has 0 spiro atoms. The number of carbonyl (C=O) groups is 2. The summed E-state index contributed by atoms with van der Waals surface area (Å²) in [4.78, 5) is 27.2. The number of amides is 2. The molecule has 2 aromatic rings. The molecule has 2 rings (SSSR count). The highest BCUT2D eigenvalue weighted by Gasteiger charge is 2.22. The lowest BCUT2D eigenvalue weighted by atomic mass is 10.2. The summed E-state index contributed by atoms with van der Waals surface area (Å²) in [5.41, 5.74) is 0.937. The molecule has 0 bridgehead atoms. The molecule has 0 radical (unpaired) electrons. The Morgan fingerprint density at radius 1 is 1.03 bits per heavy atom. The van der Waals surface area contributed by atoms with Gasteiger partial charge in [-0.3, -0.25) is 14.5 Å². The predicted molar refractivity (Wildman–Crippen MR) is 132 cm³/mol. The number of carbonyl (C=O) groups excluding carboxylic acids is 2. The molecule has 10 heteroatoms. The summed E-state index contributed by atoms with van der Waals surface area (Å²) in [7, 11) is -0.801. The van der Waals surface area contributed by atoms with Crippen LogP contribution in [0.4, 0.5) is 11.4 Å². The maximum absolute atomic E-state index is 12.7. The topological polar surface area (TPSA) is 98.8 Å². The lowest BCUT2D eigenvalue weighted by Gasteiger charge is -2.27. The third-order valence-corrected chi connectivity index (χ3v) is 7.24. The van der Waals surface area contributed by atoms with E-state index in [1.807, 2.05) is 42.2 Å². The quantitative estimate of drug-likeness (QED) is 0.496. The minimum Gasteiger partial charge on any atom is -0.325 e. The van der Waals surface area contributed by atoms with E-state index in [-0.39, 0.29) is 33.8 Å². The van der Waals surface area contributed by atoms with Crippen LogP contribution in [-0.2, 0) is 19.6 Å². The fourth-order valence-corrected chi connectivity index (χ4v) is 4.24. The van der Waals surface area contributed by atoms with Crippen molar-refractivity contribution in [2.24, 2.45) is 0 Å². The predicted octanol–water partition coefficient (Wildman–Crippen LogP) is 3.66. The highest BCUT2D eigenvalue weighted by Crippen LogP contribution is 2.26. The Bertz CT molecular complexity index is 1060. The maximum atomic E-state index is 12.7. The van der Waals surface area contributed by atoms with Gasteiger partial charge in [0.05, 0.1) is 21.6 Å². The van der Waals surface area contributed by atoms with Crippen LogP contribution < -0.4 is 10.6 Å². The number of anilines is 2. The zero-order chi connectivity index (χ0) is 24.6. The summed E-state index contributed by atoms with van der Waals surface area (Å²) in [6.45, 7) is 4.81. The van der Waals surface area contributed by atoms with Crippen LogP contribution in [0.2, 0.25) is 5.02 Å². The molecular weight excluding hydrogens is 464 g/mol. The number of hydrogen-bond donors (Lipinski definition) is 2. The molecule has 1 unspecified atom stereocenters. The van der Waals surface area contributed by atoms with Crippen LogP contribution in [0.25, 0.3) is 0 Å². The molecule has 33 heavy (non-hydrogen) atoms. The van der Waals surface area contributed by atoms with Gasteiger partial charge < -0.3 is 10.6 Å². The lowest BCUT2D eigenvalue weighted by molar-refractivity contribution is -0.122. The number of nitrogens with zero attached hydrogens (tertiary/aromatic N) is 2. The Morgan fingerprint density at radius 3 is 2.30 bits per heavy atom. The molecule has 0 heterocycles. The van der Waals surface area contributed by atoms with Crippen LogP contribution in [0.15, 0.2) is 53.4 Å². The van der Waals surface area contributed by atoms with Gasteiger partial charge in [-0.25, -0.2) is 12.7 Å². The first-order valence-corrected chi connectivity index (χ1v) is 12.5. The van der Waals surface area contributed by atoms with Gasteiger partial charge in [0.15, 0.2) is 0 Å². The average Bonchev–Trinajstić information content (AvgIpc) is 2.78. The van der Waals surface area contributed by atoms with E-state index in [0.717, 1.165) is 10.7 Å². The Morgan fingerprint density at radius 2 is 1.70 bits per heavy atom. The summed E-state index contributed by atoms with van der Waals surface area (Å²) in [6, 6.07) is 12.9. The molecule has 0 aliphatic carbocycles. The molecule has 0 saturated carbocycles. The third-order valence-electron chi connectivity index (χ3n) is 5.10. The average molecular weight is 495 g/mol. The molecule has 8 nitrogen and oxygen atoms in total. The third kappa shape index (κ3) is 7.53. The maximum Gasteiger partial charge on any atom is 0.242 e.